The largest absolute Gasteiger partial charge is 0.477 e. The molecule has 0 fully saturated rings. The third kappa shape index (κ3) is 3.78. The molecule has 0 aliphatic carbocycles. The van der Waals surface area contributed by atoms with Crippen molar-refractivity contribution in [3.05, 3.63) is 35.9 Å². The molecule has 0 aliphatic rings. The number of nitrogens with one attached hydrogen (secondary N) is 1. The standard InChI is InChI=1S/C10H13N3O2/c11-8(13-9(12)10(14)15)6-7-4-2-1-3-5-7/h1-5,9H,6,12H2,(H2,11,13)(H,14,15)/p+1/t9-/m0/s1. The van der Waals surface area contributed by atoms with Gasteiger partial charge in [0.1, 0.15) is 0 Å². The predicted octanol–water partition coefficient (Wildman–Crippen LogP) is -1.96. The van der Waals surface area contributed by atoms with E-state index in [-0.39, 0.29) is 0 Å². The molecule has 0 saturated carbocycles. The third-order valence-electron chi connectivity index (χ3n) is 1.84. The molecule has 0 amide bonds. The van der Waals surface area contributed by atoms with Crippen LogP contribution in [0.4, 0.5) is 0 Å². The van der Waals surface area contributed by atoms with Crippen LogP contribution in [0, 0.1) is 0 Å². The average molecular weight is 208 g/mol. The van der Waals surface area contributed by atoms with Gasteiger partial charge < -0.3 is 5.11 Å². The first-order valence-corrected chi connectivity index (χ1v) is 4.49. The van der Waals surface area contributed by atoms with Gasteiger partial charge in [0.15, 0.2) is 0 Å². The molecule has 5 nitrogen and oxygen atoms in total. The van der Waals surface area contributed by atoms with Crippen molar-refractivity contribution < 1.29 is 14.9 Å². The molecule has 1 atom stereocenters. The smallest absolute Gasteiger partial charge is 0.364 e. The van der Waals surface area contributed by atoms with Crippen LogP contribution in [0.5, 0.6) is 0 Å². The molecule has 0 unspecified atom stereocenters. The van der Waals surface area contributed by atoms with Crippen LogP contribution in [0.15, 0.2) is 30.3 Å². The number of aliphatic carboxylic acids is 1. The van der Waals surface area contributed by atoms with E-state index >= 15 is 0 Å². The highest BCUT2D eigenvalue weighted by atomic mass is 16.4. The van der Waals surface area contributed by atoms with Crippen molar-refractivity contribution in [2.75, 3.05) is 0 Å². The SMILES string of the molecule is NC(Cc1ccccc1)=[NH+][C@H](N)C(=O)O. The maximum Gasteiger partial charge on any atom is 0.364 e. The number of nitrogens with two attached hydrogens (primary N) is 2. The molecule has 0 aromatic heterocycles. The lowest BCUT2D eigenvalue weighted by molar-refractivity contribution is -0.491. The minimum absolute atomic E-state index is 0.344. The van der Waals surface area contributed by atoms with Crippen LogP contribution in [0.3, 0.4) is 0 Å². The number of rotatable bonds is 4. The van der Waals surface area contributed by atoms with Gasteiger partial charge in [-0.1, -0.05) is 30.3 Å². The van der Waals surface area contributed by atoms with E-state index in [9.17, 15) is 4.79 Å². The Balaban J connectivity index is 2.63. The molecule has 1 rings (SSSR count). The van der Waals surface area contributed by atoms with Gasteiger partial charge in [0.2, 0.25) is 12.0 Å². The second kappa shape index (κ2) is 5.11. The normalized spacial score (nSPS) is 13.5. The van der Waals surface area contributed by atoms with Crippen molar-refractivity contribution in [2.24, 2.45) is 11.5 Å². The topological polar surface area (TPSA) is 103 Å². The molecule has 0 bridgehead atoms. The van der Waals surface area contributed by atoms with E-state index in [1.54, 1.807) is 0 Å². The zero-order chi connectivity index (χ0) is 11.3. The van der Waals surface area contributed by atoms with Gasteiger partial charge in [-0.2, -0.15) is 0 Å². The van der Waals surface area contributed by atoms with Crippen molar-refractivity contribution in [3.63, 3.8) is 0 Å². The van der Waals surface area contributed by atoms with Crippen LogP contribution in [0.1, 0.15) is 5.56 Å². The van der Waals surface area contributed by atoms with Gasteiger partial charge in [-0.3, -0.25) is 16.5 Å². The lowest BCUT2D eigenvalue weighted by Gasteiger charge is -1.99. The van der Waals surface area contributed by atoms with Crippen molar-refractivity contribution in [3.8, 4) is 0 Å². The van der Waals surface area contributed by atoms with Gasteiger partial charge in [0, 0.05) is 0 Å². The minimum Gasteiger partial charge on any atom is -0.477 e. The molecule has 0 saturated heterocycles. The molecule has 80 valence electrons. The van der Waals surface area contributed by atoms with Crippen molar-refractivity contribution in [2.45, 2.75) is 12.6 Å². The van der Waals surface area contributed by atoms with E-state index in [0.29, 0.717) is 12.3 Å². The van der Waals surface area contributed by atoms with E-state index in [0.717, 1.165) is 5.56 Å². The average Bonchev–Trinajstić information content (AvgIpc) is 2.18. The van der Waals surface area contributed by atoms with E-state index in [2.05, 4.69) is 4.99 Å². The quantitative estimate of drug-likeness (QED) is 0.262. The Hall–Kier alpha value is -1.88. The number of hydrogen-bond donors (Lipinski definition) is 4. The molecule has 1 aromatic carbocycles. The van der Waals surface area contributed by atoms with E-state index in [1.807, 2.05) is 30.3 Å². The predicted molar refractivity (Wildman–Crippen MR) is 55.9 cm³/mol. The lowest BCUT2D eigenvalue weighted by atomic mass is 10.1. The fourth-order valence-electron chi connectivity index (χ4n) is 1.13. The Bertz CT molecular complexity index is 362. The van der Waals surface area contributed by atoms with Crippen LogP contribution in [0.25, 0.3) is 0 Å². The monoisotopic (exact) mass is 208 g/mol. The molecule has 0 aliphatic heterocycles. The number of hydrogen-bond acceptors (Lipinski definition) is 2. The van der Waals surface area contributed by atoms with Gasteiger partial charge >= 0.3 is 5.97 Å². The maximum absolute atomic E-state index is 10.4. The third-order valence-corrected chi connectivity index (χ3v) is 1.84. The summed E-state index contributed by atoms with van der Waals surface area (Å²) in [6, 6.07) is 9.48. The van der Waals surface area contributed by atoms with Crippen molar-refractivity contribution in [1.29, 1.82) is 0 Å². The summed E-state index contributed by atoms with van der Waals surface area (Å²) in [7, 11) is 0. The Labute approximate surface area is 87.4 Å². The second-order valence-corrected chi connectivity index (χ2v) is 3.15. The Morgan fingerprint density at radius 2 is 2.00 bits per heavy atom. The first-order valence-electron chi connectivity index (χ1n) is 4.49. The van der Waals surface area contributed by atoms with Crippen molar-refractivity contribution in [1.82, 2.24) is 0 Å². The summed E-state index contributed by atoms with van der Waals surface area (Å²) >= 11 is 0. The summed E-state index contributed by atoms with van der Waals surface area (Å²) in [5, 5.41) is 8.54. The highest BCUT2D eigenvalue weighted by Crippen LogP contribution is 1.97. The van der Waals surface area contributed by atoms with Crippen LogP contribution < -0.4 is 16.5 Å². The second-order valence-electron chi connectivity index (χ2n) is 3.15. The zero-order valence-corrected chi connectivity index (χ0v) is 8.18. The summed E-state index contributed by atoms with van der Waals surface area (Å²) in [6.07, 6.45) is -0.698. The Morgan fingerprint density at radius 3 is 2.53 bits per heavy atom. The zero-order valence-electron chi connectivity index (χ0n) is 8.18. The lowest BCUT2D eigenvalue weighted by Crippen LogP contribution is -2.87. The van der Waals surface area contributed by atoms with Gasteiger partial charge in [-0.25, -0.2) is 4.79 Å². The summed E-state index contributed by atoms with van der Waals surface area (Å²) < 4.78 is 0. The van der Waals surface area contributed by atoms with Crippen LogP contribution >= 0.6 is 0 Å². The highest BCUT2D eigenvalue weighted by Gasteiger charge is 2.13. The number of benzene rings is 1. The first kappa shape index (κ1) is 11.2. The molecule has 0 heterocycles. The van der Waals surface area contributed by atoms with Gasteiger partial charge in [0.25, 0.3) is 0 Å². The Morgan fingerprint density at radius 1 is 1.40 bits per heavy atom. The van der Waals surface area contributed by atoms with Crippen LogP contribution in [-0.2, 0) is 11.2 Å². The number of amidine groups is 1. The number of carboxylic acid groups (broad SMARTS) is 1. The van der Waals surface area contributed by atoms with E-state index in [4.69, 9.17) is 16.6 Å². The van der Waals surface area contributed by atoms with Crippen LogP contribution in [0.2, 0.25) is 0 Å². The molecule has 0 radical (unpaired) electrons. The van der Waals surface area contributed by atoms with Crippen molar-refractivity contribution >= 4 is 11.8 Å². The molecule has 5 heteroatoms. The highest BCUT2D eigenvalue weighted by molar-refractivity contribution is 5.78. The van der Waals surface area contributed by atoms with Gasteiger partial charge in [-0.05, 0) is 5.56 Å². The van der Waals surface area contributed by atoms with Gasteiger partial charge in [-0.15, -0.1) is 0 Å². The molecule has 15 heavy (non-hydrogen) atoms. The molecular weight excluding hydrogens is 194 g/mol. The summed E-state index contributed by atoms with van der Waals surface area (Å²) in [5.74, 6) is -0.790. The van der Waals surface area contributed by atoms with E-state index in [1.165, 1.54) is 0 Å². The maximum atomic E-state index is 10.4. The minimum atomic E-state index is -1.16. The summed E-state index contributed by atoms with van der Waals surface area (Å²) in [5.41, 5.74) is 11.9. The molecule has 6 N–H and O–H groups in total. The fraction of sp³-hybridized carbons (Fsp3) is 0.200. The number of carbonyl (C=O) groups is 1. The van der Waals surface area contributed by atoms with Crippen LogP contribution in [-0.4, -0.2) is 23.1 Å². The molecule has 1 aromatic rings. The molecule has 0 spiro atoms. The fourth-order valence-corrected chi connectivity index (χ4v) is 1.13. The first-order chi connectivity index (χ1) is 7.09. The summed E-state index contributed by atoms with van der Waals surface area (Å²) in [4.78, 5) is 12.9. The van der Waals surface area contributed by atoms with Gasteiger partial charge in [0.05, 0.1) is 6.42 Å². The summed E-state index contributed by atoms with van der Waals surface area (Å²) in [6.45, 7) is 0. The van der Waals surface area contributed by atoms with E-state index < -0.39 is 12.1 Å². The Kier molecular flexibility index (Phi) is 3.82. The molecular formula is C10H14N3O2+. The number of carboxylic acids is 1.